The van der Waals surface area contributed by atoms with Gasteiger partial charge in [0.1, 0.15) is 0 Å². The SMILES string of the molecule is Cc1ccc(Cl)cc1NC(=O)c1ccc(NS(C)(=O)=O)cc1. The summed E-state index contributed by atoms with van der Waals surface area (Å²) in [6, 6.07) is 11.4. The number of hydrogen-bond acceptors (Lipinski definition) is 3. The van der Waals surface area contributed by atoms with Crippen molar-refractivity contribution in [1.82, 2.24) is 0 Å². The molecular formula is C15H15ClN2O3S. The van der Waals surface area contributed by atoms with Crippen molar-refractivity contribution >= 4 is 38.9 Å². The van der Waals surface area contributed by atoms with Crippen molar-refractivity contribution in [3.8, 4) is 0 Å². The molecule has 0 aliphatic heterocycles. The number of amides is 1. The van der Waals surface area contributed by atoms with Crippen LogP contribution in [0.3, 0.4) is 0 Å². The minimum atomic E-state index is -3.33. The molecule has 0 bridgehead atoms. The second kappa shape index (κ2) is 6.37. The maximum absolute atomic E-state index is 12.2. The van der Waals surface area contributed by atoms with E-state index in [1.807, 2.05) is 13.0 Å². The molecule has 0 fully saturated rings. The van der Waals surface area contributed by atoms with Gasteiger partial charge >= 0.3 is 0 Å². The van der Waals surface area contributed by atoms with E-state index in [0.29, 0.717) is 22.0 Å². The molecule has 0 saturated carbocycles. The van der Waals surface area contributed by atoms with Crippen molar-refractivity contribution in [2.45, 2.75) is 6.92 Å². The lowest BCUT2D eigenvalue weighted by molar-refractivity contribution is 0.102. The van der Waals surface area contributed by atoms with E-state index in [-0.39, 0.29) is 5.91 Å². The van der Waals surface area contributed by atoms with Gasteiger partial charge in [-0.2, -0.15) is 0 Å². The third-order valence-electron chi connectivity index (χ3n) is 2.90. The van der Waals surface area contributed by atoms with Crippen LogP contribution in [0.1, 0.15) is 15.9 Å². The van der Waals surface area contributed by atoms with E-state index in [2.05, 4.69) is 10.0 Å². The van der Waals surface area contributed by atoms with Gasteiger partial charge in [-0.3, -0.25) is 9.52 Å². The highest BCUT2D eigenvalue weighted by molar-refractivity contribution is 7.92. The molecule has 0 heterocycles. The van der Waals surface area contributed by atoms with Crippen LogP contribution in [-0.2, 0) is 10.0 Å². The first kappa shape index (κ1) is 16.3. The van der Waals surface area contributed by atoms with Gasteiger partial charge in [0.05, 0.1) is 6.26 Å². The number of hydrogen-bond donors (Lipinski definition) is 2. The third kappa shape index (κ3) is 4.47. The van der Waals surface area contributed by atoms with Gasteiger partial charge in [-0.1, -0.05) is 17.7 Å². The molecule has 2 N–H and O–H groups in total. The predicted octanol–water partition coefficient (Wildman–Crippen LogP) is 3.27. The first-order chi connectivity index (χ1) is 10.2. The number of carbonyl (C=O) groups excluding carboxylic acids is 1. The van der Waals surface area contributed by atoms with E-state index in [1.54, 1.807) is 24.3 Å². The normalized spacial score (nSPS) is 11.0. The molecule has 0 unspecified atom stereocenters. The molecule has 7 heteroatoms. The van der Waals surface area contributed by atoms with Crippen LogP contribution in [-0.4, -0.2) is 20.6 Å². The Hall–Kier alpha value is -2.05. The van der Waals surface area contributed by atoms with Crippen LogP contribution in [0.5, 0.6) is 0 Å². The molecule has 0 spiro atoms. The largest absolute Gasteiger partial charge is 0.322 e. The zero-order valence-electron chi connectivity index (χ0n) is 12.1. The van der Waals surface area contributed by atoms with E-state index in [1.165, 1.54) is 12.1 Å². The average Bonchev–Trinajstić information content (AvgIpc) is 2.42. The molecule has 2 aromatic carbocycles. The van der Waals surface area contributed by atoms with Gasteiger partial charge in [-0.15, -0.1) is 0 Å². The number of nitrogens with one attached hydrogen (secondary N) is 2. The molecule has 0 aliphatic carbocycles. The molecule has 2 aromatic rings. The zero-order chi connectivity index (χ0) is 16.3. The minimum Gasteiger partial charge on any atom is -0.322 e. The Morgan fingerprint density at radius 1 is 1.09 bits per heavy atom. The van der Waals surface area contributed by atoms with Gasteiger partial charge in [-0.05, 0) is 48.9 Å². The van der Waals surface area contributed by atoms with Crippen molar-refractivity contribution in [3.05, 3.63) is 58.6 Å². The third-order valence-corrected chi connectivity index (χ3v) is 3.74. The van der Waals surface area contributed by atoms with Crippen molar-refractivity contribution in [2.75, 3.05) is 16.3 Å². The molecule has 2 rings (SSSR count). The number of halogens is 1. The summed E-state index contributed by atoms with van der Waals surface area (Å²) >= 11 is 5.91. The molecule has 0 saturated heterocycles. The summed E-state index contributed by atoms with van der Waals surface area (Å²) in [6.07, 6.45) is 1.07. The molecule has 0 radical (unpaired) electrons. The van der Waals surface area contributed by atoms with E-state index in [4.69, 9.17) is 11.6 Å². The molecule has 1 amide bonds. The Labute approximate surface area is 134 Å². The monoisotopic (exact) mass is 338 g/mol. The van der Waals surface area contributed by atoms with Crippen LogP contribution >= 0.6 is 11.6 Å². The number of rotatable bonds is 4. The fourth-order valence-electron chi connectivity index (χ4n) is 1.83. The van der Waals surface area contributed by atoms with Gasteiger partial charge in [0.2, 0.25) is 10.0 Å². The van der Waals surface area contributed by atoms with Crippen LogP contribution < -0.4 is 10.0 Å². The van der Waals surface area contributed by atoms with Gasteiger partial charge in [0, 0.05) is 22.0 Å². The lowest BCUT2D eigenvalue weighted by Crippen LogP contribution is -2.13. The van der Waals surface area contributed by atoms with Crippen LogP contribution in [0.25, 0.3) is 0 Å². The summed E-state index contributed by atoms with van der Waals surface area (Å²) in [5.74, 6) is -0.295. The van der Waals surface area contributed by atoms with Gasteiger partial charge in [-0.25, -0.2) is 8.42 Å². The van der Waals surface area contributed by atoms with Crippen molar-refractivity contribution in [2.24, 2.45) is 0 Å². The highest BCUT2D eigenvalue weighted by Crippen LogP contribution is 2.21. The maximum Gasteiger partial charge on any atom is 0.255 e. The fraction of sp³-hybridized carbons (Fsp3) is 0.133. The number of aryl methyl sites for hydroxylation is 1. The highest BCUT2D eigenvalue weighted by Gasteiger charge is 2.09. The first-order valence-electron chi connectivity index (χ1n) is 6.40. The second-order valence-corrected chi connectivity index (χ2v) is 7.05. The molecule has 22 heavy (non-hydrogen) atoms. The summed E-state index contributed by atoms with van der Waals surface area (Å²) in [6.45, 7) is 1.87. The number of benzene rings is 2. The quantitative estimate of drug-likeness (QED) is 0.898. The lowest BCUT2D eigenvalue weighted by atomic mass is 10.1. The average molecular weight is 339 g/mol. The lowest BCUT2D eigenvalue weighted by Gasteiger charge is -2.09. The molecule has 0 aromatic heterocycles. The topological polar surface area (TPSA) is 75.3 Å². The minimum absolute atomic E-state index is 0.295. The van der Waals surface area contributed by atoms with Crippen molar-refractivity contribution < 1.29 is 13.2 Å². The molecule has 0 atom stereocenters. The van der Waals surface area contributed by atoms with Gasteiger partial charge < -0.3 is 5.32 Å². The Balaban J connectivity index is 2.15. The van der Waals surface area contributed by atoms with Crippen molar-refractivity contribution in [1.29, 1.82) is 0 Å². The molecule has 0 aliphatic rings. The number of sulfonamides is 1. The fourth-order valence-corrected chi connectivity index (χ4v) is 2.56. The Morgan fingerprint density at radius 3 is 2.32 bits per heavy atom. The van der Waals surface area contributed by atoms with Crippen LogP contribution in [0.15, 0.2) is 42.5 Å². The Bertz CT molecular complexity index is 802. The van der Waals surface area contributed by atoms with Crippen molar-refractivity contribution in [3.63, 3.8) is 0 Å². The smallest absolute Gasteiger partial charge is 0.255 e. The summed E-state index contributed by atoms with van der Waals surface area (Å²) in [5, 5.41) is 3.31. The Morgan fingerprint density at radius 2 is 1.73 bits per heavy atom. The van der Waals surface area contributed by atoms with Crippen LogP contribution in [0.4, 0.5) is 11.4 Å². The first-order valence-corrected chi connectivity index (χ1v) is 8.67. The van der Waals surface area contributed by atoms with E-state index < -0.39 is 10.0 Å². The molecule has 5 nitrogen and oxygen atoms in total. The van der Waals surface area contributed by atoms with Gasteiger partial charge in [0.15, 0.2) is 0 Å². The predicted molar refractivity (Wildman–Crippen MR) is 89.1 cm³/mol. The summed E-state index contributed by atoms with van der Waals surface area (Å²) in [7, 11) is -3.33. The van der Waals surface area contributed by atoms with Gasteiger partial charge in [0.25, 0.3) is 5.91 Å². The maximum atomic E-state index is 12.2. The number of carbonyl (C=O) groups is 1. The van der Waals surface area contributed by atoms with Crippen LogP contribution in [0, 0.1) is 6.92 Å². The van der Waals surface area contributed by atoms with E-state index in [9.17, 15) is 13.2 Å². The second-order valence-electron chi connectivity index (χ2n) is 4.86. The number of anilines is 2. The van der Waals surface area contributed by atoms with E-state index in [0.717, 1.165) is 11.8 Å². The summed E-state index contributed by atoms with van der Waals surface area (Å²) in [4.78, 5) is 12.2. The highest BCUT2D eigenvalue weighted by atomic mass is 35.5. The summed E-state index contributed by atoms with van der Waals surface area (Å²) in [5.41, 5.74) is 2.35. The Kier molecular flexibility index (Phi) is 4.73. The molecule has 116 valence electrons. The molecular weight excluding hydrogens is 324 g/mol. The summed E-state index contributed by atoms with van der Waals surface area (Å²) < 4.78 is 24.6. The standard InChI is InChI=1S/C15H15ClN2O3S/c1-10-3-6-12(16)9-14(10)17-15(19)11-4-7-13(8-5-11)18-22(2,20)21/h3-9,18H,1-2H3,(H,17,19). The van der Waals surface area contributed by atoms with E-state index >= 15 is 0 Å². The zero-order valence-corrected chi connectivity index (χ0v) is 13.6. The van der Waals surface area contributed by atoms with Crippen LogP contribution in [0.2, 0.25) is 5.02 Å².